The predicted octanol–water partition coefficient (Wildman–Crippen LogP) is 3.01. The molecule has 90 valence electrons. The molecule has 1 aromatic carbocycles. The Balaban J connectivity index is 2.55. The van der Waals surface area contributed by atoms with Crippen LogP contribution in [0.5, 0.6) is 0 Å². The summed E-state index contributed by atoms with van der Waals surface area (Å²) in [5, 5.41) is 3.27. The van der Waals surface area contributed by atoms with Crippen molar-refractivity contribution < 1.29 is 0 Å². The summed E-state index contributed by atoms with van der Waals surface area (Å²) in [7, 11) is 3.99. The summed E-state index contributed by atoms with van der Waals surface area (Å²) >= 11 is 0. The number of hydrogen-bond donors (Lipinski definition) is 1. The number of benzene rings is 1. The number of likely N-dealkylation sites (N-methyl/N-ethyl adjacent to an activating group) is 1. The Kier molecular flexibility index (Phi) is 5.08. The van der Waals surface area contributed by atoms with Crippen molar-refractivity contribution in [2.45, 2.75) is 6.54 Å². The zero-order valence-electron chi connectivity index (χ0n) is 10.6. The van der Waals surface area contributed by atoms with E-state index in [0.29, 0.717) is 0 Å². The summed E-state index contributed by atoms with van der Waals surface area (Å²) in [4.78, 5) is 2.01. The average molecular weight is 228 g/mol. The van der Waals surface area contributed by atoms with Crippen LogP contribution in [0.1, 0.15) is 11.1 Å². The van der Waals surface area contributed by atoms with Crippen LogP contribution in [0.15, 0.2) is 55.4 Å². The first-order chi connectivity index (χ1) is 8.17. The molecule has 0 bridgehead atoms. The Morgan fingerprint density at radius 2 is 1.88 bits per heavy atom. The van der Waals surface area contributed by atoms with E-state index in [9.17, 15) is 0 Å². The van der Waals surface area contributed by atoms with Gasteiger partial charge in [0.25, 0.3) is 0 Å². The Labute approximate surface area is 104 Å². The van der Waals surface area contributed by atoms with E-state index in [-0.39, 0.29) is 0 Å². The average Bonchev–Trinajstić information content (AvgIpc) is 2.35. The van der Waals surface area contributed by atoms with Crippen LogP contribution in [-0.4, -0.2) is 19.0 Å². The third kappa shape index (κ3) is 4.19. The van der Waals surface area contributed by atoms with Gasteiger partial charge in [0.15, 0.2) is 0 Å². The van der Waals surface area contributed by atoms with Crippen LogP contribution < -0.4 is 5.32 Å². The number of rotatable bonds is 6. The summed E-state index contributed by atoms with van der Waals surface area (Å²) < 4.78 is 0. The van der Waals surface area contributed by atoms with Crippen molar-refractivity contribution in [1.29, 1.82) is 0 Å². The second-order valence-corrected chi connectivity index (χ2v) is 3.99. The van der Waals surface area contributed by atoms with E-state index >= 15 is 0 Å². The number of nitrogens with one attached hydrogen (secondary N) is 1. The van der Waals surface area contributed by atoms with E-state index in [4.69, 9.17) is 0 Å². The van der Waals surface area contributed by atoms with Gasteiger partial charge in [-0.1, -0.05) is 43.5 Å². The molecule has 0 atom stereocenters. The first kappa shape index (κ1) is 13.1. The summed E-state index contributed by atoms with van der Waals surface area (Å²) in [6.07, 6.45) is 5.64. The SMILES string of the molecule is C=C/C(=C/NCc1ccc(C=C)cc1)N(C)C. The lowest BCUT2D eigenvalue weighted by Gasteiger charge is -2.13. The first-order valence-corrected chi connectivity index (χ1v) is 5.62. The molecular formula is C15H20N2. The minimum Gasteiger partial charge on any atom is -0.385 e. The highest BCUT2D eigenvalue weighted by atomic mass is 15.1. The van der Waals surface area contributed by atoms with Gasteiger partial charge in [-0.05, 0) is 17.2 Å². The fourth-order valence-electron chi connectivity index (χ4n) is 1.42. The predicted molar refractivity (Wildman–Crippen MR) is 75.3 cm³/mol. The van der Waals surface area contributed by atoms with Gasteiger partial charge in [0.05, 0.1) is 5.70 Å². The highest BCUT2D eigenvalue weighted by Gasteiger charge is 1.94. The second-order valence-electron chi connectivity index (χ2n) is 3.99. The van der Waals surface area contributed by atoms with Crippen molar-refractivity contribution in [2.24, 2.45) is 0 Å². The molecule has 0 heterocycles. The highest BCUT2D eigenvalue weighted by molar-refractivity contribution is 5.47. The van der Waals surface area contributed by atoms with E-state index in [1.165, 1.54) is 5.56 Å². The monoisotopic (exact) mass is 228 g/mol. The van der Waals surface area contributed by atoms with Crippen LogP contribution in [0.4, 0.5) is 0 Å². The van der Waals surface area contributed by atoms with Gasteiger partial charge in [0.2, 0.25) is 0 Å². The van der Waals surface area contributed by atoms with Gasteiger partial charge in [-0.15, -0.1) is 0 Å². The summed E-state index contributed by atoms with van der Waals surface area (Å²) in [5.74, 6) is 0. The van der Waals surface area contributed by atoms with Crippen molar-refractivity contribution in [1.82, 2.24) is 10.2 Å². The topological polar surface area (TPSA) is 15.3 Å². The van der Waals surface area contributed by atoms with Crippen molar-refractivity contribution >= 4 is 6.08 Å². The van der Waals surface area contributed by atoms with Gasteiger partial charge in [-0.25, -0.2) is 0 Å². The van der Waals surface area contributed by atoms with Gasteiger partial charge < -0.3 is 10.2 Å². The van der Waals surface area contributed by atoms with Gasteiger partial charge in [0.1, 0.15) is 0 Å². The number of allylic oxidation sites excluding steroid dienone is 1. The molecule has 0 aromatic heterocycles. The molecule has 2 nitrogen and oxygen atoms in total. The Hall–Kier alpha value is -1.96. The van der Waals surface area contributed by atoms with Crippen molar-refractivity contribution in [2.75, 3.05) is 14.1 Å². The third-order valence-electron chi connectivity index (χ3n) is 2.50. The number of hydrogen-bond acceptors (Lipinski definition) is 2. The summed E-state index contributed by atoms with van der Waals surface area (Å²) in [6, 6.07) is 8.32. The molecule has 0 unspecified atom stereocenters. The van der Waals surface area contributed by atoms with Crippen LogP contribution in [0, 0.1) is 0 Å². The maximum absolute atomic E-state index is 3.77. The van der Waals surface area contributed by atoms with Gasteiger partial charge in [-0.3, -0.25) is 0 Å². The molecular weight excluding hydrogens is 208 g/mol. The molecule has 1 N–H and O–H groups in total. The standard InChI is InChI=1S/C15H20N2/c1-5-13-7-9-14(10-8-13)11-16-12-15(6-2)17(3)4/h5-10,12,16H,1-2,11H2,3-4H3/b15-12-. The maximum Gasteiger partial charge on any atom is 0.0514 e. The summed E-state index contributed by atoms with van der Waals surface area (Å²) in [6.45, 7) is 8.31. The number of nitrogens with zero attached hydrogens (tertiary/aromatic N) is 1. The lowest BCUT2D eigenvalue weighted by molar-refractivity contribution is 0.524. The van der Waals surface area contributed by atoms with Crippen LogP contribution >= 0.6 is 0 Å². The molecule has 0 radical (unpaired) electrons. The zero-order chi connectivity index (χ0) is 12.7. The Morgan fingerprint density at radius 1 is 1.24 bits per heavy atom. The molecule has 1 rings (SSSR count). The molecule has 0 aliphatic rings. The molecule has 0 aliphatic carbocycles. The first-order valence-electron chi connectivity index (χ1n) is 5.62. The molecule has 0 saturated carbocycles. The maximum atomic E-state index is 3.77. The van der Waals surface area contributed by atoms with E-state index in [1.54, 1.807) is 0 Å². The Morgan fingerprint density at radius 3 is 2.35 bits per heavy atom. The molecule has 17 heavy (non-hydrogen) atoms. The third-order valence-corrected chi connectivity index (χ3v) is 2.50. The van der Waals surface area contributed by atoms with Crippen LogP contribution in [-0.2, 0) is 6.54 Å². The minimum absolute atomic E-state index is 0.808. The molecule has 0 fully saturated rings. The van der Waals surface area contributed by atoms with Crippen LogP contribution in [0.2, 0.25) is 0 Å². The van der Waals surface area contributed by atoms with Gasteiger partial charge in [0, 0.05) is 26.8 Å². The van der Waals surface area contributed by atoms with Crippen molar-refractivity contribution in [3.63, 3.8) is 0 Å². The minimum atomic E-state index is 0.808. The normalized spacial score (nSPS) is 10.8. The fraction of sp³-hybridized carbons (Fsp3) is 0.200. The van der Waals surface area contributed by atoms with Crippen LogP contribution in [0.3, 0.4) is 0 Å². The quantitative estimate of drug-likeness (QED) is 0.753. The van der Waals surface area contributed by atoms with E-state index < -0.39 is 0 Å². The van der Waals surface area contributed by atoms with Crippen LogP contribution in [0.25, 0.3) is 6.08 Å². The smallest absolute Gasteiger partial charge is 0.0514 e. The van der Waals surface area contributed by atoms with Crippen molar-refractivity contribution in [3.05, 3.63) is 66.5 Å². The van der Waals surface area contributed by atoms with E-state index in [2.05, 4.69) is 42.7 Å². The lowest BCUT2D eigenvalue weighted by Crippen LogP contribution is -2.14. The fourth-order valence-corrected chi connectivity index (χ4v) is 1.42. The van der Waals surface area contributed by atoms with Gasteiger partial charge >= 0.3 is 0 Å². The molecule has 0 aliphatic heterocycles. The molecule has 0 saturated heterocycles. The lowest BCUT2D eigenvalue weighted by atomic mass is 10.1. The van der Waals surface area contributed by atoms with Crippen molar-refractivity contribution in [3.8, 4) is 0 Å². The second kappa shape index (κ2) is 6.59. The van der Waals surface area contributed by atoms with E-state index in [1.807, 2.05) is 37.3 Å². The molecule has 2 heteroatoms. The molecule has 1 aromatic rings. The summed E-state index contributed by atoms with van der Waals surface area (Å²) in [5.41, 5.74) is 3.45. The Bertz CT molecular complexity index is 399. The molecule has 0 amide bonds. The zero-order valence-corrected chi connectivity index (χ0v) is 10.6. The largest absolute Gasteiger partial charge is 0.385 e. The highest BCUT2D eigenvalue weighted by Crippen LogP contribution is 2.05. The molecule has 0 spiro atoms. The van der Waals surface area contributed by atoms with Gasteiger partial charge in [-0.2, -0.15) is 0 Å². The van der Waals surface area contributed by atoms with E-state index in [0.717, 1.165) is 17.8 Å².